The molecule has 380 valence electrons. The standard InChI is InChI=1S/C71H73NO3/c1-47-17-29-53(30-18-47)69(73,54-31-19-48(2)20-32-54)61-15-13-14-16-64(61)72(65-43-41-59(67(7,8)9)45-62(65)70(74,55-33-21-49(3)22-34-55)56-35-23-50(4)24-36-56)66-44-42-60(68(10,11)12)46-63(66)71(75,57-37-25-51(5)26-38-57)58-39-27-52(6)28-40-58/h13-46,73-75H,1-12H3. The second-order valence-corrected chi connectivity index (χ2v) is 23.1. The monoisotopic (exact) mass is 988 g/mol. The van der Waals surface area contributed by atoms with Crippen molar-refractivity contribution in [1.82, 2.24) is 0 Å². The molecule has 0 fully saturated rings. The Morgan fingerprint density at radius 2 is 0.467 bits per heavy atom. The first kappa shape index (κ1) is 52.5. The molecule has 75 heavy (non-hydrogen) atoms. The van der Waals surface area contributed by atoms with Gasteiger partial charge in [0, 0.05) is 16.7 Å². The zero-order valence-electron chi connectivity index (χ0n) is 45.9. The Balaban J connectivity index is 1.51. The molecular weight excluding hydrogens is 915 g/mol. The van der Waals surface area contributed by atoms with E-state index in [9.17, 15) is 15.3 Å². The molecule has 9 aromatic rings. The van der Waals surface area contributed by atoms with Crippen molar-refractivity contribution in [3.8, 4) is 0 Å². The predicted octanol–water partition coefficient (Wildman–Crippen LogP) is 16.5. The molecule has 0 bridgehead atoms. The summed E-state index contributed by atoms with van der Waals surface area (Å²) >= 11 is 0. The molecular formula is C71H73NO3. The zero-order valence-corrected chi connectivity index (χ0v) is 45.9. The molecule has 0 saturated heterocycles. The van der Waals surface area contributed by atoms with Crippen LogP contribution in [0.1, 0.15) is 136 Å². The Bertz CT molecular complexity index is 3150. The highest BCUT2D eigenvalue weighted by Gasteiger charge is 2.44. The quantitative estimate of drug-likeness (QED) is 0.107. The van der Waals surface area contributed by atoms with E-state index in [1.54, 1.807) is 0 Å². The molecule has 0 saturated carbocycles. The van der Waals surface area contributed by atoms with Gasteiger partial charge in [-0.1, -0.05) is 251 Å². The molecule has 0 amide bonds. The van der Waals surface area contributed by atoms with Crippen LogP contribution in [0.25, 0.3) is 0 Å². The van der Waals surface area contributed by atoms with E-state index in [1.807, 2.05) is 115 Å². The van der Waals surface area contributed by atoms with Crippen molar-refractivity contribution >= 4 is 17.1 Å². The van der Waals surface area contributed by atoms with Gasteiger partial charge in [0.2, 0.25) is 0 Å². The van der Waals surface area contributed by atoms with E-state index in [-0.39, 0.29) is 10.8 Å². The van der Waals surface area contributed by atoms with Crippen molar-refractivity contribution in [3.05, 3.63) is 301 Å². The summed E-state index contributed by atoms with van der Waals surface area (Å²) in [5, 5.41) is 43.0. The molecule has 3 N–H and O–H groups in total. The number of nitrogens with zero attached hydrogens (tertiary/aromatic N) is 1. The molecule has 9 aromatic carbocycles. The minimum atomic E-state index is -1.73. The van der Waals surface area contributed by atoms with Crippen molar-refractivity contribution in [1.29, 1.82) is 0 Å². The lowest BCUT2D eigenvalue weighted by Crippen LogP contribution is -2.35. The molecule has 4 nitrogen and oxygen atoms in total. The van der Waals surface area contributed by atoms with Gasteiger partial charge < -0.3 is 20.2 Å². The summed E-state index contributed by atoms with van der Waals surface area (Å²) < 4.78 is 0. The summed E-state index contributed by atoms with van der Waals surface area (Å²) in [7, 11) is 0. The highest BCUT2D eigenvalue weighted by molar-refractivity contribution is 5.86. The van der Waals surface area contributed by atoms with E-state index in [2.05, 4.69) is 179 Å². The van der Waals surface area contributed by atoms with E-state index < -0.39 is 16.8 Å². The van der Waals surface area contributed by atoms with Gasteiger partial charge in [-0.3, -0.25) is 0 Å². The molecule has 0 aliphatic rings. The van der Waals surface area contributed by atoms with Gasteiger partial charge in [-0.05, 0) is 127 Å². The summed E-state index contributed by atoms with van der Waals surface area (Å²) in [6, 6.07) is 70.1. The summed E-state index contributed by atoms with van der Waals surface area (Å²) in [5.74, 6) is 0. The van der Waals surface area contributed by atoms with Crippen molar-refractivity contribution < 1.29 is 15.3 Å². The first-order chi connectivity index (χ1) is 35.5. The van der Waals surface area contributed by atoms with Gasteiger partial charge in [0.15, 0.2) is 0 Å². The van der Waals surface area contributed by atoms with Crippen LogP contribution in [0.15, 0.2) is 206 Å². The highest BCUT2D eigenvalue weighted by Crippen LogP contribution is 2.54. The molecule has 0 heterocycles. The lowest BCUT2D eigenvalue weighted by Gasteiger charge is -2.42. The lowest BCUT2D eigenvalue weighted by atomic mass is 9.74. The van der Waals surface area contributed by atoms with E-state index in [0.717, 1.165) is 44.5 Å². The smallest absolute Gasteiger partial charge is 0.142 e. The number of para-hydroxylation sites is 1. The van der Waals surface area contributed by atoms with Crippen molar-refractivity contribution in [2.24, 2.45) is 0 Å². The topological polar surface area (TPSA) is 63.9 Å². The third kappa shape index (κ3) is 9.91. The van der Waals surface area contributed by atoms with Crippen molar-refractivity contribution in [3.63, 3.8) is 0 Å². The number of hydrogen-bond acceptors (Lipinski definition) is 4. The number of rotatable bonds is 12. The summed E-state index contributed by atoms with van der Waals surface area (Å²) in [5.41, 5.74) is 10.7. The van der Waals surface area contributed by atoms with E-state index in [4.69, 9.17) is 0 Å². The normalized spacial score (nSPS) is 12.5. The minimum Gasteiger partial charge on any atom is -0.376 e. The Kier molecular flexibility index (Phi) is 14.1. The van der Waals surface area contributed by atoms with Crippen molar-refractivity contribution in [2.45, 2.75) is 111 Å². The molecule has 0 aliphatic heterocycles. The van der Waals surface area contributed by atoms with Crippen LogP contribution in [-0.2, 0) is 27.6 Å². The fourth-order valence-corrected chi connectivity index (χ4v) is 10.5. The maximum absolute atomic E-state index is 14.4. The van der Waals surface area contributed by atoms with Gasteiger partial charge in [-0.25, -0.2) is 0 Å². The number of anilines is 3. The van der Waals surface area contributed by atoms with Gasteiger partial charge >= 0.3 is 0 Å². The van der Waals surface area contributed by atoms with Gasteiger partial charge in [0.25, 0.3) is 0 Å². The maximum atomic E-state index is 14.4. The fourth-order valence-electron chi connectivity index (χ4n) is 10.5. The van der Waals surface area contributed by atoms with Gasteiger partial charge in [-0.2, -0.15) is 0 Å². The van der Waals surface area contributed by atoms with E-state index in [1.165, 1.54) is 0 Å². The Hall–Kier alpha value is -7.34. The average molecular weight is 988 g/mol. The van der Waals surface area contributed by atoms with Gasteiger partial charge in [0.05, 0.1) is 17.1 Å². The Morgan fingerprint density at radius 1 is 0.253 bits per heavy atom. The molecule has 0 aliphatic carbocycles. The van der Waals surface area contributed by atoms with Crippen LogP contribution >= 0.6 is 0 Å². The molecule has 0 unspecified atom stereocenters. The van der Waals surface area contributed by atoms with Crippen LogP contribution in [0, 0.1) is 41.5 Å². The Labute approximate surface area is 446 Å². The number of aryl methyl sites for hydroxylation is 6. The Morgan fingerprint density at radius 3 is 0.720 bits per heavy atom. The maximum Gasteiger partial charge on any atom is 0.142 e. The van der Waals surface area contributed by atoms with Gasteiger partial charge in [0.1, 0.15) is 16.8 Å². The molecule has 0 radical (unpaired) electrons. The first-order valence-electron chi connectivity index (χ1n) is 26.3. The predicted molar refractivity (Wildman–Crippen MR) is 312 cm³/mol. The van der Waals surface area contributed by atoms with Gasteiger partial charge in [-0.15, -0.1) is 0 Å². The van der Waals surface area contributed by atoms with E-state index in [0.29, 0.717) is 67.1 Å². The van der Waals surface area contributed by atoms with Crippen LogP contribution in [0.5, 0.6) is 0 Å². The van der Waals surface area contributed by atoms with Crippen LogP contribution in [0.3, 0.4) is 0 Å². The molecule has 0 spiro atoms. The second-order valence-electron chi connectivity index (χ2n) is 23.1. The number of hydrogen-bond donors (Lipinski definition) is 3. The third-order valence-electron chi connectivity index (χ3n) is 15.3. The zero-order chi connectivity index (χ0) is 53.7. The summed E-state index contributed by atoms with van der Waals surface area (Å²) in [6.07, 6.45) is 0. The SMILES string of the molecule is Cc1ccc(C(O)(c2ccc(C)cc2)c2ccccc2N(c2ccc(C(C)(C)C)cc2C(O)(c2ccc(C)cc2)c2ccc(C)cc2)c2ccc(C(C)(C)C)cc2C(O)(c2ccc(C)cc2)c2ccc(C)cc2)cc1. The van der Waals surface area contributed by atoms with Crippen LogP contribution in [0.2, 0.25) is 0 Å². The number of aliphatic hydroxyl groups is 3. The molecule has 0 aromatic heterocycles. The molecule has 9 rings (SSSR count). The number of benzene rings is 9. The van der Waals surface area contributed by atoms with Crippen LogP contribution < -0.4 is 4.90 Å². The fraction of sp³-hybridized carbons (Fsp3) is 0.239. The van der Waals surface area contributed by atoms with Crippen LogP contribution in [0.4, 0.5) is 17.1 Å². The lowest BCUT2D eigenvalue weighted by molar-refractivity contribution is 0.125. The second kappa shape index (κ2) is 20.1. The average Bonchev–Trinajstić information content (AvgIpc) is 3.40. The first-order valence-corrected chi connectivity index (χ1v) is 26.3. The largest absolute Gasteiger partial charge is 0.376 e. The third-order valence-corrected chi connectivity index (χ3v) is 15.3. The summed E-state index contributed by atoms with van der Waals surface area (Å²) in [4.78, 5) is 2.20. The van der Waals surface area contributed by atoms with E-state index >= 15 is 0 Å². The molecule has 4 heteroatoms. The van der Waals surface area contributed by atoms with Crippen LogP contribution in [-0.4, -0.2) is 15.3 Å². The minimum absolute atomic E-state index is 0.328. The summed E-state index contributed by atoms with van der Waals surface area (Å²) in [6.45, 7) is 25.6. The highest BCUT2D eigenvalue weighted by atomic mass is 16.3. The van der Waals surface area contributed by atoms with Crippen molar-refractivity contribution in [2.75, 3.05) is 4.90 Å². The molecule has 0 atom stereocenters.